The summed E-state index contributed by atoms with van der Waals surface area (Å²) in [6, 6.07) is 5.66. The number of hydrogen-bond acceptors (Lipinski definition) is 2. The van der Waals surface area contributed by atoms with Gasteiger partial charge in [-0.15, -0.1) is 0 Å². The first-order valence-electron chi connectivity index (χ1n) is 8.03. The van der Waals surface area contributed by atoms with E-state index in [-0.39, 0.29) is 6.04 Å². The van der Waals surface area contributed by atoms with Crippen LogP contribution in [0.1, 0.15) is 50.6 Å². The van der Waals surface area contributed by atoms with E-state index in [9.17, 15) is 0 Å². The molecule has 2 unspecified atom stereocenters. The van der Waals surface area contributed by atoms with Crippen LogP contribution in [-0.2, 0) is 0 Å². The summed E-state index contributed by atoms with van der Waals surface area (Å²) in [5, 5.41) is 1.19. The summed E-state index contributed by atoms with van der Waals surface area (Å²) in [5.41, 5.74) is 7.27. The summed E-state index contributed by atoms with van der Waals surface area (Å²) in [6.07, 6.45) is 6.25. The molecule has 1 aromatic carbocycles. The Morgan fingerprint density at radius 3 is 2.86 bits per heavy atom. The van der Waals surface area contributed by atoms with E-state index < -0.39 is 0 Å². The molecule has 1 aliphatic heterocycles. The van der Waals surface area contributed by atoms with Crippen LogP contribution in [0.3, 0.4) is 0 Å². The van der Waals surface area contributed by atoms with E-state index in [1.165, 1.54) is 38.8 Å². The molecule has 2 N–H and O–H groups in total. The van der Waals surface area contributed by atoms with Crippen LogP contribution in [0.25, 0.3) is 0 Å². The highest BCUT2D eigenvalue weighted by molar-refractivity contribution is 6.42. The highest BCUT2D eigenvalue weighted by Gasteiger charge is 2.17. The molecule has 0 amide bonds. The van der Waals surface area contributed by atoms with Crippen molar-refractivity contribution in [3.05, 3.63) is 33.8 Å². The Kier molecular flexibility index (Phi) is 6.81. The van der Waals surface area contributed by atoms with Crippen molar-refractivity contribution in [3.8, 4) is 0 Å². The largest absolute Gasteiger partial charge is 0.324 e. The predicted molar refractivity (Wildman–Crippen MR) is 92.1 cm³/mol. The van der Waals surface area contributed by atoms with E-state index in [4.69, 9.17) is 28.9 Å². The van der Waals surface area contributed by atoms with Crippen LogP contribution in [-0.4, -0.2) is 24.5 Å². The second-order valence-corrected chi connectivity index (χ2v) is 6.87. The molecule has 0 radical (unpaired) electrons. The molecule has 2 nitrogen and oxygen atoms in total. The zero-order valence-corrected chi connectivity index (χ0v) is 14.3. The number of halogens is 2. The van der Waals surface area contributed by atoms with Gasteiger partial charge in [0.05, 0.1) is 10.0 Å². The number of nitrogens with two attached hydrogens (primary N) is 1. The maximum absolute atomic E-state index is 6.30. The summed E-state index contributed by atoms with van der Waals surface area (Å²) in [7, 11) is 0. The monoisotopic (exact) mass is 328 g/mol. The van der Waals surface area contributed by atoms with Crippen LogP contribution < -0.4 is 5.73 Å². The quantitative estimate of drug-likeness (QED) is 0.833. The first-order valence-corrected chi connectivity index (χ1v) is 8.79. The van der Waals surface area contributed by atoms with E-state index in [1.807, 2.05) is 12.1 Å². The summed E-state index contributed by atoms with van der Waals surface area (Å²) < 4.78 is 0. The van der Waals surface area contributed by atoms with Gasteiger partial charge in [0.1, 0.15) is 0 Å². The lowest BCUT2D eigenvalue weighted by molar-refractivity contribution is 0.269. The normalized spacial score (nSPS) is 22.0. The molecule has 0 bridgehead atoms. The van der Waals surface area contributed by atoms with E-state index in [2.05, 4.69) is 11.8 Å². The molecule has 1 fully saturated rings. The highest BCUT2D eigenvalue weighted by Crippen LogP contribution is 2.30. The van der Waals surface area contributed by atoms with E-state index >= 15 is 0 Å². The molecule has 0 aromatic heterocycles. The van der Waals surface area contributed by atoms with Gasteiger partial charge in [-0.2, -0.15) is 0 Å². The van der Waals surface area contributed by atoms with Gasteiger partial charge in [-0.25, -0.2) is 0 Å². The second kappa shape index (κ2) is 8.38. The third-order valence-electron chi connectivity index (χ3n) is 4.65. The Labute approximate surface area is 138 Å². The minimum absolute atomic E-state index is 0.0403. The third kappa shape index (κ3) is 4.85. The SMILES string of the molecule is CCC1CCCN(CCC(N)c2cccc(Cl)c2Cl)CC1. The van der Waals surface area contributed by atoms with Gasteiger partial charge in [0.25, 0.3) is 0 Å². The lowest BCUT2D eigenvalue weighted by atomic mass is 9.98. The van der Waals surface area contributed by atoms with Gasteiger partial charge in [-0.1, -0.05) is 48.7 Å². The Morgan fingerprint density at radius 1 is 1.29 bits per heavy atom. The van der Waals surface area contributed by atoms with Crippen LogP contribution >= 0.6 is 23.2 Å². The molecule has 21 heavy (non-hydrogen) atoms. The lowest BCUT2D eigenvalue weighted by Gasteiger charge is -2.23. The van der Waals surface area contributed by atoms with Gasteiger partial charge in [0, 0.05) is 6.04 Å². The van der Waals surface area contributed by atoms with Crippen molar-refractivity contribution in [1.29, 1.82) is 0 Å². The van der Waals surface area contributed by atoms with Crippen molar-refractivity contribution in [3.63, 3.8) is 0 Å². The number of benzene rings is 1. The summed E-state index contributed by atoms with van der Waals surface area (Å²) in [6.45, 7) is 5.75. The molecule has 1 aliphatic rings. The maximum atomic E-state index is 6.30. The second-order valence-electron chi connectivity index (χ2n) is 6.09. The molecule has 2 rings (SSSR count). The molecular weight excluding hydrogens is 303 g/mol. The fraction of sp³-hybridized carbons (Fsp3) is 0.647. The van der Waals surface area contributed by atoms with Crippen LogP contribution in [0, 0.1) is 5.92 Å². The maximum Gasteiger partial charge on any atom is 0.0640 e. The minimum atomic E-state index is -0.0403. The van der Waals surface area contributed by atoms with Gasteiger partial charge in [0.15, 0.2) is 0 Å². The minimum Gasteiger partial charge on any atom is -0.324 e. The molecule has 0 saturated carbocycles. The van der Waals surface area contributed by atoms with Crippen LogP contribution in [0.2, 0.25) is 10.0 Å². The summed E-state index contributed by atoms with van der Waals surface area (Å²) in [4.78, 5) is 2.55. The molecule has 4 heteroatoms. The first kappa shape index (κ1) is 17.1. The molecule has 0 aliphatic carbocycles. The Balaban J connectivity index is 1.86. The molecule has 1 heterocycles. The van der Waals surface area contributed by atoms with Crippen LogP contribution in [0.5, 0.6) is 0 Å². The number of nitrogens with zero attached hydrogens (tertiary/aromatic N) is 1. The Hall–Kier alpha value is -0.280. The van der Waals surface area contributed by atoms with Gasteiger partial charge >= 0.3 is 0 Å². The van der Waals surface area contributed by atoms with Crippen molar-refractivity contribution >= 4 is 23.2 Å². The van der Waals surface area contributed by atoms with Crippen molar-refractivity contribution in [2.75, 3.05) is 19.6 Å². The number of likely N-dealkylation sites (tertiary alicyclic amines) is 1. The van der Waals surface area contributed by atoms with E-state index in [1.54, 1.807) is 6.07 Å². The van der Waals surface area contributed by atoms with E-state index in [0.29, 0.717) is 10.0 Å². The standard InChI is InChI=1S/C17H26Cl2N2/c1-2-13-5-4-10-21(11-8-13)12-9-16(20)14-6-3-7-15(18)17(14)19/h3,6-7,13,16H,2,4-5,8-12,20H2,1H3. The molecule has 118 valence electrons. The van der Waals surface area contributed by atoms with Crippen LogP contribution in [0.4, 0.5) is 0 Å². The molecule has 1 aromatic rings. The molecule has 2 atom stereocenters. The fourth-order valence-electron chi connectivity index (χ4n) is 3.14. The predicted octanol–water partition coefficient (Wildman–Crippen LogP) is 4.90. The van der Waals surface area contributed by atoms with Gasteiger partial charge < -0.3 is 10.6 Å². The average molecular weight is 329 g/mol. The first-order chi connectivity index (χ1) is 10.1. The van der Waals surface area contributed by atoms with Crippen LogP contribution in [0.15, 0.2) is 18.2 Å². The Morgan fingerprint density at radius 2 is 2.10 bits per heavy atom. The number of hydrogen-bond donors (Lipinski definition) is 1. The van der Waals surface area contributed by atoms with Gasteiger partial charge in [0.2, 0.25) is 0 Å². The summed E-state index contributed by atoms with van der Waals surface area (Å²) >= 11 is 12.3. The average Bonchev–Trinajstić information content (AvgIpc) is 2.72. The summed E-state index contributed by atoms with van der Waals surface area (Å²) in [5.74, 6) is 0.908. The van der Waals surface area contributed by atoms with Crippen molar-refractivity contribution in [1.82, 2.24) is 4.90 Å². The van der Waals surface area contributed by atoms with Crippen molar-refractivity contribution in [2.24, 2.45) is 11.7 Å². The highest BCUT2D eigenvalue weighted by atomic mass is 35.5. The van der Waals surface area contributed by atoms with Crippen molar-refractivity contribution < 1.29 is 0 Å². The zero-order chi connectivity index (χ0) is 15.2. The van der Waals surface area contributed by atoms with Gasteiger partial charge in [-0.05, 0) is 62.9 Å². The molecule has 0 spiro atoms. The van der Waals surface area contributed by atoms with E-state index in [0.717, 1.165) is 24.4 Å². The zero-order valence-electron chi connectivity index (χ0n) is 12.8. The smallest absolute Gasteiger partial charge is 0.0640 e. The number of rotatable bonds is 5. The molecule has 1 saturated heterocycles. The topological polar surface area (TPSA) is 29.3 Å². The third-order valence-corrected chi connectivity index (χ3v) is 5.49. The molecular formula is C17H26Cl2N2. The Bertz CT molecular complexity index is 450. The fourth-order valence-corrected chi connectivity index (χ4v) is 3.59. The van der Waals surface area contributed by atoms with Gasteiger partial charge in [-0.3, -0.25) is 0 Å². The van der Waals surface area contributed by atoms with Crippen molar-refractivity contribution in [2.45, 2.75) is 45.1 Å². The lowest BCUT2D eigenvalue weighted by Crippen LogP contribution is -2.28.